The third-order valence-corrected chi connectivity index (χ3v) is 2.71. The van der Waals surface area contributed by atoms with E-state index in [1.807, 2.05) is 27.7 Å². The molecule has 0 bridgehead atoms. The Balaban J connectivity index is 3.26. The van der Waals surface area contributed by atoms with E-state index in [1.165, 1.54) is 0 Å². The minimum absolute atomic E-state index is 0.144. The molecule has 1 aromatic heterocycles. The van der Waals surface area contributed by atoms with Gasteiger partial charge in [-0.25, -0.2) is 4.68 Å². The first-order valence-corrected chi connectivity index (χ1v) is 6.10. The molecule has 0 radical (unpaired) electrons. The Morgan fingerprint density at radius 3 is 2.25 bits per heavy atom. The van der Waals surface area contributed by atoms with Crippen molar-refractivity contribution >= 4 is 0 Å². The molecule has 0 amide bonds. The molecule has 0 fully saturated rings. The molecule has 0 aromatic carbocycles. The molecule has 1 rings (SSSR count). The lowest BCUT2D eigenvalue weighted by Crippen LogP contribution is -2.33. The van der Waals surface area contributed by atoms with E-state index < -0.39 is 0 Å². The van der Waals surface area contributed by atoms with Crippen LogP contribution in [0.15, 0.2) is 4.79 Å². The van der Waals surface area contributed by atoms with Crippen LogP contribution in [0.1, 0.15) is 52.8 Å². The molecule has 0 saturated carbocycles. The first-order chi connectivity index (χ1) is 7.27. The molecule has 0 aliphatic rings. The Bertz CT molecular complexity index is 405. The van der Waals surface area contributed by atoms with Crippen molar-refractivity contribution in [3.05, 3.63) is 21.6 Å². The lowest BCUT2D eigenvalue weighted by atomic mass is 10.0. The van der Waals surface area contributed by atoms with Gasteiger partial charge in [0, 0.05) is 11.3 Å². The Morgan fingerprint density at radius 2 is 1.88 bits per heavy atom. The molecule has 3 nitrogen and oxygen atoms in total. The maximum Gasteiger partial charge on any atom is 0.270 e. The first kappa shape index (κ1) is 13.1. The van der Waals surface area contributed by atoms with Crippen LogP contribution in [0.5, 0.6) is 0 Å². The number of hydrogen-bond donors (Lipinski definition) is 1. The Morgan fingerprint density at radius 1 is 1.31 bits per heavy atom. The minimum atomic E-state index is -0.170. The van der Waals surface area contributed by atoms with Crippen LogP contribution in [0.2, 0.25) is 0 Å². The van der Waals surface area contributed by atoms with Gasteiger partial charge in [-0.1, -0.05) is 20.8 Å². The van der Waals surface area contributed by atoms with Gasteiger partial charge < -0.3 is 0 Å². The summed E-state index contributed by atoms with van der Waals surface area (Å²) in [5.41, 5.74) is 2.03. The van der Waals surface area contributed by atoms with Gasteiger partial charge >= 0.3 is 0 Å². The molecule has 1 heterocycles. The quantitative estimate of drug-likeness (QED) is 0.842. The van der Waals surface area contributed by atoms with Crippen molar-refractivity contribution in [3.63, 3.8) is 0 Å². The molecular formula is C13H24N2O. The van der Waals surface area contributed by atoms with E-state index in [9.17, 15) is 4.79 Å². The second kappa shape index (κ2) is 4.48. The van der Waals surface area contributed by atoms with Gasteiger partial charge in [0.15, 0.2) is 0 Å². The molecular weight excluding hydrogens is 200 g/mol. The monoisotopic (exact) mass is 224 g/mol. The molecule has 16 heavy (non-hydrogen) atoms. The third kappa shape index (κ3) is 2.57. The average molecular weight is 224 g/mol. The van der Waals surface area contributed by atoms with Crippen molar-refractivity contribution in [1.82, 2.24) is 9.78 Å². The second-order valence-electron chi connectivity index (χ2n) is 5.83. The molecule has 0 spiro atoms. The summed E-state index contributed by atoms with van der Waals surface area (Å²) in [6.45, 7) is 12.5. The summed E-state index contributed by atoms with van der Waals surface area (Å²) >= 11 is 0. The van der Waals surface area contributed by atoms with Crippen LogP contribution in [-0.4, -0.2) is 9.78 Å². The van der Waals surface area contributed by atoms with Crippen molar-refractivity contribution in [2.45, 2.75) is 59.9 Å². The molecule has 1 N–H and O–H groups in total. The summed E-state index contributed by atoms with van der Waals surface area (Å²) in [7, 11) is 0. The highest BCUT2D eigenvalue weighted by molar-refractivity contribution is 5.18. The number of aromatic amines is 1. The lowest BCUT2D eigenvalue weighted by molar-refractivity contribution is 0.342. The first-order valence-electron chi connectivity index (χ1n) is 6.10. The van der Waals surface area contributed by atoms with Crippen LogP contribution in [0.4, 0.5) is 0 Å². The standard InChI is InChI=1S/C13H24N2O/c1-7-10-11(8-9(2)3)14-15(12(10)16)13(4,5)6/h9,14H,7-8H2,1-6H3. The minimum Gasteiger partial charge on any atom is -0.299 e. The van der Waals surface area contributed by atoms with E-state index in [4.69, 9.17) is 0 Å². The van der Waals surface area contributed by atoms with Gasteiger partial charge in [-0.15, -0.1) is 0 Å². The summed E-state index contributed by atoms with van der Waals surface area (Å²) in [6.07, 6.45) is 1.75. The van der Waals surface area contributed by atoms with Crippen molar-refractivity contribution in [2.75, 3.05) is 0 Å². The van der Waals surface area contributed by atoms with E-state index in [-0.39, 0.29) is 11.1 Å². The Kier molecular flexibility index (Phi) is 3.66. The van der Waals surface area contributed by atoms with Gasteiger partial charge in [0.2, 0.25) is 0 Å². The molecule has 0 saturated heterocycles. The summed E-state index contributed by atoms with van der Waals surface area (Å²) < 4.78 is 1.75. The molecule has 0 unspecified atom stereocenters. The number of nitrogens with zero attached hydrogens (tertiary/aromatic N) is 1. The third-order valence-electron chi connectivity index (χ3n) is 2.71. The predicted octanol–water partition coefficient (Wildman–Crippen LogP) is 2.69. The zero-order valence-corrected chi connectivity index (χ0v) is 11.3. The van der Waals surface area contributed by atoms with Gasteiger partial charge in [0.05, 0.1) is 5.54 Å². The van der Waals surface area contributed by atoms with Crippen molar-refractivity contribution in [1.29, 1.82) is 0 Å². The van der Waals surface area contributed by atoms with E-state index in [2.05, 4.69) is 18.9 Å². The van der Waals surface area contributed by atoms with Crippen LogP contribution in [0.25, 0.3) is 0 Å². The van der Waals surface area contributed by atoms with Crippen LogP contribution < -0.4 is 5.56 Å². The Labute approximate surface area is 97.8 Å². The highest BCUT2D eigenvalue weighted by Crippen LogP contribution is 2.15. The van der Waals surface area contributed by atoms with E-state index in [0.717, 1.165) is 24.1 Å². The molecule has 92 valence electrons. The van der Waals surface area contributed by atoms with Crippen molar-refractivity contribution in [3.8, 4) is 0 Å². The van der Waals surface area contributed by atoms with Crippen LogP contribution in [-0.2, 0) is 18.4 Å². The number of H-pyrrole nitrogens is 1. The zero-order chi connectivity index (χ0) is 12.5. The van der Waals surface area contributed by atoms with E-state index in [1.54, 1.807) is 4.68 Å². The zero-order valence-electron chi connectivity index (χ0n) is 11.3. The molecule has 0 aliphatic carbocycles. The fraction of sp³-hybridized carbons (Fsp3) is 0.769. The van der Waals surface area contributed by atoms with Crippen LogP contribution in [0.3, 0.4) is 0 Å². The predicted molar refractivity (Wildman–Crippen MR) is 68.0 cm³/mol. The lowest BCUT2D eigenvalue weighted by Gasteiger charge is -2.19. The summed E-state index contributed by atoms with van der Waals surface area (Å²) in [6, 6.07) is 0. The highest BCUT2D eigenvalue weighted by Gasteiger charge is 2.21. The normalized spacial score (nSPS) is 12.4. The summed E-state index contributed by atoms with van der Waals surface area (Å²) in [5, 5.41) is 3.28. The SMILES string of the molecule is CCc1c(CC(C)C)[nH]n(C(C)(C)C)c1=O. The fourth-order valence-corrected chi connectivity index (χ4v) is 1.93. The molecule has 1 aromatic rings. The smallest absolute Gasteiger partial charge is 0.270 e. The second-order valence-corrected chi connectivity index (χ2v) is 5.83. The van der Waals surface area contributed by atoms with Crippen LogP contribution in [0, 0.1) is 5.92 Å². The highest BCUT2D eigenvalue weighted by atomic mass is 16.1. The number of nitrogens with one attached hydrogen (secondary N) is 1. The average Bonchev–Trinajstić information content (AvgIpc) is 2.40. The van der Waals surface area contributed by atoms with Crippen molar-refractivity contribution < 1.29 is 0 Å². The van der Waals surface area contributed by atoms with Gasteiger partial charge in [0.25, 0.3) is 5.56 Å². The molecule has 0 atom stereocenters. The maximum absolute atomic E-state index is 12.2. The number of aromatic nitrogens is 2. The van der Waals surface area contributed by atoms with Gasteiger partial charge in [-0.3, -0.25) is 9.89 Å². The maximum atomic E-state index is 12.2. The Hall–Kier alpha value is -0.990. The summed E-state index contributed by atoms with van der Waals surface area (Å²) in [4.78, 5) is 12.2. The van der Waals surface area contributed by atoms with E-state index in [0.29, 0.717) is 5.92 Å². The number of rotatable bonds is 3. The number of hydrogen-bond acceptors (Lipinski definition) is 1. The largest absolute Gasteiger partial charge is 0.299 e. The van der Waals surface area contributed by atoms with Gasteiger partial charge in [-0.2, -0.15) is 0 Å². The van der Waals surface area contributed by atoms with Gasteiger partial charge in [-0.05, 0) is 39.5 Å². The van der Waals surface area contributed by atoms with Crippen molar-refractivity contribution in [2.24, 2.45) is 5.92 Å². The van der Waals surface area contributed by atoms with Crippen LogP contribution >= 0.6 is 0 Å². The molecule has 3 heteroatoms. The topological polar surface area (TPSA) is 37.8 Å². The van der Waals surface area contributed by atoms with E-state index >= 15 is 0 Å². The fourth-order valence-electron chi connectivity index (χ4n) is 1.93. The summed E-state index contributed by atoms with van der Waals surface area (Å²) in [5.74, 6) is 0.566. The van der Waals surface area contributed by atoms with Gasteiger partial charge in [0.1, 0.15) is 0 Å². The molecule has 0 aliphatic heterocycles.